The molecule has 0 unspecified atom stereocenters. The van der Waals surface area contributed by atoms with Gasteiger partial charge in [0.25, 0.3) is 0 Å². The van der Waals surface area contributed by atoms with Crippen molar-refractivity contribution in [3.8, 4) is 0 Å². The van der Waals surface area contributed by atoms with Gasteiger partial charge < -0.3 is 11.1 Å². The van der Waals surface area contributed by atoms with E-state index >= 15 is 0 Å². The maximum absolute atomic E-state index is 5.94. The molecule has 0 aliphatic rings. The van der Waals surface area contributed by atoms with Crippen LogP contribution in [0.2, 0.25) is 4.34 Å². The fourth-order valence-corrected chi connectivity index (χ4v) is 2.86. The molecule has 2 rings (SSSR count). The van der Waals surface area contributed by atoms with Gasteiger partial charge in [0.2, 0.25) is 0 Å². The van der Waals surface area contributed by atoms with Gasteiger partial charge in [0, 0.05) is 22.9 Å². The third-order valence-electron chi connectivity index (χ3n) is 3.01. The summed E-state index contributed by atoms with van der Waals surface area (Å²) in [6.07, 6.45) is 0.914. The molecular weight excluding hydrogens is 292 g/mol. The number of hydrogen-bond acceptors (Lipinski definition) is 5. The number of halogens is 1. The SMILES string of the molecule is Cc1c(N)nc(C(C)C)nc1NCCc1ccc(Cl)s1. The van der Waals surface area contributed by atoms with E-state index in [1.54, 1.807) is 11.3 Å². The van der Waals surface area contributed by atoms with Gasteiger partial charge in [-0.25, -0.2) is 9.97 Å². The van der Waals surface area contributed by atoms with Crippen LogP contribution in [0.5, 0.6) is 0 Å². The maximum atomic E-state index is 5.94. The number of nitrogens with zero attached hydrogens (tertiary/aromatic N) is 2. The van der Waals surface area contributed by atoms with E-state index in [9.17, 15) is 0 Å². The van der Waals surface area contributed by atoms with E-state index in [2.05, 4.69) is 35.2 Å². The second-order valence-electron chi connectivity index (χ2n) is 4.98. The summed E-state index contributed by atoms with van der Waals surface area (Å²) in [7, 11) is 0. The predicted molar refractivity (Wildman–Crippen MR) is 86.8 cm³/mol. The van der Waals surface area contributed by atoms with Crippen molar-refractivity contribution in [2.45, 2.75) is 33.1 Å². The molecule has 2 aromatic heterocycles. The van der Waals surface area contributed by atoms with Crippen LogP contribution in [-0.4, -0.2) is 16.5 Å². The molecule has 0 aliphatic carbocycles. The van der Waals surface area contributed by atoms with E-state index in [-0.39, 0.29) is 5.92 Å². The number of aromatic nitrogens is 2. The first-order chi connectivity index (χ1) is 9.47. The van der Waals surface area contributed by atoms with Gasteiger partial charge in [-0.05, 0) is 25.5 Å². The Morgan fingerprint density at radius 3 is 2.70 bits per heavy atom. The largest absolute Gasteiger partial charge is 0.383 e. The minimum atomic E-state index is 0.259. The van der Waals surface area contributed by atoms with Crippen molar-refractivity contribution in [3.05, 3.63) is 32.7 Å². The summed E-state index contributed by atoms with van der Waals surface area (Å²) in [4.78, 5) is 10.1. The van der Waals surface area contributed by atoms with Gasteiger partial charge in [-0.15, -0.1) is 11.3 Å². The lowest BCUT2D eigenvalue weighted by atomic mass is 10.2. The summed E-state index contributed by atoms with van der Waals surface area (Å²) in [6, 6.07) is 3.97. The molecule has 0 spiro atoms. The average molecular weight is 311 g/mol. The first-order valence-corrected chi connectivity index (χ1v) is 7.79. The molecule has 0 fully saturated rings. The van der Waals surface area contributed by atoms with Crippen LogP contribution in [-0.2, 0) is 6.42 Å². The summed E-state index contributed by atoms with van der Waals surface area (Å²) in [5.41, 5.74) is 6.84. The standard InChI is InChI=1S/C14H19ClN4S/c1-8(2)13-18-12(16)9(3)14(19-13)17-7-6-10-4-5-11(15)20-10/h4-5,8H,6-7H2,1-3H3,(H3,16,17,18,19). The molecule has 4 nitrogen and oxygen atoms in total. The van der Waals surface area contributed by atoms with Crippen molar-refractivity contribution >= 4 is 34.6 Å². The molecule has 0 bridgehead atoms. The third-order valence-corrected chi connectivity index (χ3v) is 4.30. The molecule has 20 heavy (non-hydrogen) atoms. The van der Waals surface area contributed by atoms with Crippen LogP contribution < -0.4 is 11.1 Å². The van der Waals surface area contributed by atoms with Gasteiger partial charge in [0.1, 0.15) is 17.5 Å². The first kappa shape index (κ1) is 15.1. The summed E-state index contributed by atoms with van der Waals surface area (Å²) in [5, 5.41) is 3.34. The predicted octanol–water partition coefficient (Wildman–Crippen LogP) is 3.86. The van der Waals surface area contributed by atoms with Gasteiger partial charge in [0.05, 0.1) is 4.34 Å². The Labute approximate surface area is 128 Å². The topological polar surface area (TPSA) is 63.8 Å². The Hall–Kier alpha value is -1.33. The maximum Gasteiger partial charge on any atom is 0.135 e. The Kier molecular flexibility index (Phi) is 4.83. The van der Waals surface area contributed by atoms with Crippen LogP contribution in [0, 0.1) is 6.92 Å². The minimum Gasteiger partial charge on any atom is -0.383 e. The molecule has 0 amide bonds. The Morgan fingerprint density at radius 2 is 2.10 bits per heavy atom. The average Bonchev–Trinajstić information content (AvgIpc) is 2.80. The Balaban J connectivity index is 2.05. The van der Waals surface area contributed by atoms with Gasteiger partial charge in [-0.1, -0.05) is 25.4 Å². The zero-order valence-electron chi connectivity index (χ0n) is 11.9. The van der Waals surface area contributed by atoms with E-state index in [4.69, 9.17) is 17.3 Å². The molecule has 6 heteroatoms. The van der Waals surface area contributed by atoms with Crippen LogP contribution in [0.1, 0.15) is 36.0 Å². The lowest BCUT2D eigenvalue weighted by Crippen LogP contribution is -2.12. The summed E-state index contributed by atoms with van der Waals surface area (Å²) < 4.78 is 0.824. The van der Waals surface area contributed by atoms with Crippen molar-refractivity contribution in [1.82, 2.24) is 9.97 Å². The van der Waals surface area contributed by atoms with Crippen LogP contribution in [0.15, 0.2) is 12.1 Å². The van der Waals surface area contributed by atoms with Crippen molar-refractivity contribution in [2.75, 3.05) is 17.6 Å². The number of rotatable bonds is 5. The number of anilines is 2. The highest BCUT2D eigenvalue weighted by Gasteiger charge is 2.11. The molecule has 108 valence electrons. The molecule has 0 saturated heterocycles. The number of thiophene rings is 1. The first-order valence-electron chi connectivity index (χ1n) is 6.59. The molecule has 2 heterocycles. The highest BCUT2D eigenvalue weighted by Crippen LogP contribution is 2.23. The van der Waals surface area contributed by atoms with Crippen molar-refractivity contribution in [1.29, 1.82) is 0 Å². The van der Waals surface area contributed by atoms with Crippen LogP contribution in [0.4, 0.5) is 11.6 Å². The molecule has 3 N–H and O–H groups in total. The summed E-state index contributed by atoms with van der Waals surface area (Å²) in [5.74, 6) is 2.40. The highest BCUT2D eigenvalue weighted by molar-refractivity contribution is 7.16. The van der Waals surface area contributed by atoms with Crippen LogP contribution in [0.25, 0.3) is 0 Å². The smallest absolute Gasteiger partial charge is 0.135 e. The molecular formula is C14H19ClN4S. The fraction of sp³-hybridized carbons (Fsp3) is 0.429. The second kappa shape index (κ2) is 6.41. The molecule has 0 saturated carbocycles. The minimum absolute atomic E-state index is 0.259. The number of nitrogen functional groups attached to an aromatic ring is 1. The number of nitrogens with one attached hydrogen (secondary N) is 1. The van der Waals surface area contributed by atoms with E-state index in [1.807, 2.05) is 13.0 Å². The van der Waals surface area contributed by atoms with Gasteiger partial charge >= 0.3 is 0 Å². The summed E-state index contributed by atoms with van der Waals surface area (Å²) >= 11 is 7.53. The van der Waals surface area contributed by atoms with Crippen molar-refractivity contribution < 1.29 is 0 Å². The molecule has 0 atom stereocenters. The van der Waals surface area contributed by atoms with E-state index in [0.717, 1.165) is 34.5 Å². The Bertz CT molecular complexity index is 595. The molecule has 0 aromatic carbocycles. The summed E-state index contributed by atoms with van der Waals surface area (Å²) in [6.45, 7) is 6.85. The second-order valence-corrected chi connectivity index (χ2v) is 6.78. The molecule has 2 aromatic rings. The van der Waals surface area contributed by atoms with E-state index in [0.29, 0.717) is 5.82 Å². The Morgan fingerprint density at radius 1 is 1.35 bits per heavy atom. The van der Waals surface area contributed by atoms with E-state index in [1.165, 1.54) is 4.88 Å². The quantitative estimate of drug-likeness (QED) is 0.880. The lowest BCUT2D eigenvalue weighted by molar-refractivity contribution is 0.774. The van der Waals surface area contributed by atoms with Crippen LogP contribution in [0.3, 0.4) is 0 Å². The zero-order valence-corrected chi connectivity index (χ0v) is 13.5. The van der Waals surface area contributed by atoms with Crippen molar-refractivity contribution in [3.63, 3.8) is 0 Å². The van der Waals surface area contributed by atoms with E-state index < -0.39 is 0 Å². The fourth-order valence-electron chi connectivity index (χ4n) is 1.77. The lowest BCUT2D eigenvalue weighted by Gasteiger charge is -2.13. The number of nitrogens with two attached hydrogens (primary N) is 1. The van der Waals surface area contributed by atoms with Gasteiger partial charge in [0.15, 0.2) is 0 Å². The van der Waals surface area contributed by atoms with Crippen LogP contribution >= 0.6 is 22.9 Å². The number of hydrogen-bond donors (Lipinski definition) is 2. The van der Waals surface area contributed by atoms with Gasteiger partial charge in [-0.2, -0.15) is 0 Å². The molecule has 0 aliphatic heterocycles. The van der Waals surface area contributed by atoms with Crippen molar-refractivity contribution in [2.24, 2.45) is 0 Å². The highest BCUT2D eigenvalue weighted by atomic mass is 35.5. The zero-order chi connectivity index (χ0) is 14.7. The third kappa shape index (κ3) is 3.61. The van der Waals surface area contributed by atoms with Gasteiger partial charge in [-0.3, -0.25) is 0 Å². The molecule has 0 radical (unpaired) electrons. The monoisotopic (exact) mass is 310 g/mol. The normalized spacial score (nSPS) is 11.1.